The molecule has 0 bridgehead atoms. The molecule has 0 aromatic rings. The van der Waals surface area contributed by atoms with Crippen LogP contribution in [0.25, 0.3) is 0 Å². The van der Waals surface area contributed by atoms with Crippen LogP contribution in [0.4, 0.5) is 0 Å². The van der Waals surface area contributed by atoms with Gasteiger partial charge in [-0.15, -0.1) is 6.58 Å². The minimum Gasteiger partial charge on any atom is -0.311 e. The number of hydrogen-bond donors (Lipinski definition) is 1. The van der Waals surface area contributed by atoms with Crippen LogP contribution in [0.2, 0.25) is 0 Å². The average Bonchev–Trinajstić information content (AvgIpc) is 2.44. The van der Waals surface area contributed by atoms with Gasteiger partial charge in [0.15, 0.2) is 0 Å². The fourth-order valence-electron chi connectivity index (χ4n) is 0.820. The molecule has 0 fully saturated rings. The first-order chi connectivity index (χ1) is 9.15. The molecule has 0 saturated carbocycles. The molecule has 0 heterocycles. The van der Waals surface area contributed by atoms with Crippen molar-refractivity contribution in [2.45, 2.75) is 47.5 Å². The second-order valence-corrected chi connectivity index (χ2v) is 3.15. The Balaban J connectivity index is -0.000000445. The second-order valence-electron chi connectivity index (χ2n) is 3.15. The van der Waals surface area contributed by atoms with E-state index >= 15 is 0 Å². The van der Waals surface area contributed by atoms with Crippen LogP contribution in [0.15, 0.2) is 42.0 Å². The number of amides is 1. The molecule has 19 heavy (non-hydrogen) atoms. The summed E-state index contributed by atoms with van der Waals surface area (Å²) >= 11 is 0. The van der Waals surface area contributed by atoms with Gasteiger partial charge in [-0.3, -0.25) is 9.79 Å². The van der Waals surface area contributed by atoms with E-state index in [4.69, 9.17) is 0 Å². The third kappa shape index (κ3) is 22.1. The van der Waals surface area contributed by atoms with Crippen molar-refractivity contribution in [2.24, 2.45) is 4.99 Å². The third-order valence-corrected chi connectivity index (χ3v) is 1.56. The van der Waals surface area contributed by atoms with Gasteiger partial charge in [-0.25, -0.2) is 0 Å². The standard InChI is InChI=1S/C11H18N2O.C3H6.C2H6/c1-4-6-8-10(12-3)13-11(14)9-7-5-2;1-3-2;1-2/h5-8H,4,9H2,1-3H3,(H,12,13,14);3H,1H2,2H3;1-2H3/b7-5-,8-6-;;. The maximum atomic E-state index is 11.3. The van der Waals surface area contributed by atoms with E-state index in [2.05, 4.69) is 16.9 Å². The number of carbonyl (C=O) groups is 1. The number of rotatable bonds is 4. The van der Waals surface area contributed by atoms with Crippen molar-refractivity contribution >= 4 is 11.7 Å². The molecule has 0 rings (SSSR count). The van der Waals surface area contributed by atoms with Crippen molar-refractivity contribution in [2.75, 3.05) is 7.05 Å². The van der Waals surface area contributed by atoms with Crippen molar-refractivity contribution in [3.63, 3.8) is 0 Å². The molecule has 0 unspecified atom stereocenters. The van der Waals surface area contributed by atoms with E-state index in [0.29, 0.717) is 12.3 Å². The molecule has 1 amide bonds. The fraction of sp³-hybridized carbons (Fsp3) is 0.500. The summed E-state index contributed by atoms with van der Waals surface area (Å²) in [4.78, 5) is 15.2. The summed E-state index contributed by atoms with van der Waals surface area (Å²) in [7, 11) is 1.66. The van der Waals surface area contributed by atoms with Gasteiger partial charge in [-0.2, -0.15) is 0 Å². The normalized spacial score (nSPS) is 10.3. The SMILES string of the molecule is C/C=C\CC(=O)NC(/C=C\CC)=NC.C=CC.CC. The van der Waals surface area contributed by atoms with E-state index in [1.807, 2.05) is 58.9 Å². The van der Waals surface area contributed by atoms with E-state index < -0.39 is 0 Å². The number of nitrogens with zero attached hydrogens (tertiary/aromatic N) is 1. The molecule has 1 N–H and O–H groups in total. The molecule has 0 aromatic heterocycles. The monoisotopic (exact) mass is 266 g/mol. The first kappa shape index (κ1) is 22.5. The van der Waals surface area contributed by atoms with E-state index in [1.165, 1.54) is 0 Å². The van der Waals surface area contributed by atoms with Gasteiger partial charge < -0.3 is 5.32 Å². The summed E-state index contributed by atoms with van der Waals surface area (Å²) < 4.78 is 0. The van der Waals surface area contributed by atoms with E-state index in [9.17, 15) is 4.79 Å². The van der Waals surface area contributed by atoms with Crippen molar-refractivity contribution in [1.82, 2.24) is 5.32 Å². The highest BCUT2D eigenvalue weighted by atomic mass is 16.1. The van der Waals surface area contributed by atoms with Crippen LogP contribution in [0, 0.1) is 0 Å². The predicted octanol–water partition coefficient (Wildman–Crippen LogP) is 4.28. The molecule has 0 aliphatic carbocycles. The van der Waals surface area contributed by atoms with Crippen molar-refractivity contribution in [3.8, 4) is 0 Å². The van der Waals surface area contributed by atoms with Crippen LogP contribution in [-0.4, -0.2) is 18.8 Å². The van der Waals surface area contributed by atoms with E-state index in [-0.39, 0.29) is 5.91 Å². The first-order valence-corrected chi connectivity index (χ1v) is 6.77. The second kappa shape index (κ2) is 21.6. The Kier molecular flexibility index (Phi) is 25.6. The summed E-state index contributed by atoms with van der Waals surface area (Å²) in [5, 5.41) is 2.71. The minimum absolute atomic E-state index is 0.0375. The Morgan fingerprint density at radius 2 is 1.79 bits per heavy atom. The molecule has 0 spiro atoms. The lowest BCUT2D eigenvalue weighted by Gasteiger charge is -2.01. The van der Waals surface area contributed by atoms with Crippen LogP contribution in [-0.2, 0) is 4.79 Å². The van der Waals surface area contributed by atoms with Crippen molar-refractivity contribution in [3.05, 3.63) is 37.0 Å². The Hall–Kier alpha value is -1.64. The molecule has 0 atom stereocenters. The Morgan fingerprint density at radius 1 is 1.26 bits per heavy atom. The van der Waals surface area contributed by atoms with Gasteiger partial charge in [0, 0.05) is 13.5 Å². The van der Waals surface area contributed by atoms with Crippen molar-refractivity contribution in [1.29, 1.82) is 0 Å². The highest BCUT2D eigenvalue weighted by Crippen LogP contribution is 1.86. The number of carbonyl (C=O) groups excluding carboxylic acids is 1. The summed E-state index contributed by atoms with van der Waals surface area (Å²) in [5.74, 6) is 0.575. The first-order valence-electron chi connectivity index (χ1n) is 6.77. The largest absolute Gasteiger partial charge is 0.311 e. The maximum Gasteiger partial charge on any atom is 0.229 e. The zero-order valence-corrected chi connectivity index (χ0v) is 13.4. The van der Waals surface area contributed by atoms with Crippen LogP contribution in [0.5, 0.6) is 0 Å². The zero-order valence-electron chi connectivity index (χ0n) is 13.4. The highest BCUT2D eigenvalue weighted by Gasteiger charge is 1.99. The number of aliphatic imine (C=N–C) groups is 1. The van der Waals surface area contributed by atoms with Crippen LogP contribution in [0.3, 0.4) is 0 Å². The van der Waals surface area contributed by atoms with Crippen LogP contribution >= 0.6 is 0 Å². The molecule has 0 aliphatic heterocycles. The number of amidine groups is 1. The smallest absolute Gasteiger partial charge is 0.229 e. The van der Waals surface area contributed by atoms with Gasteiger partial charge in [0.1, 0.15) is 5.84 Å². The Labute approximate surface area is 119 Å². The molecule has 3 nitrogen and oxygen atoms in total. The molecule has 0 aliphatic rings. The molecular formula is C16H30N2O. The van der Waals surface area contributed by atoms with Gasteiger partial charge >= 0.3 is 0 Å². The van der Waals surface area contributed by atoms with Crippen molar-refractivity contribution < 1.29 is 4.79 Å². The quantitative estimate of drug-likeness (QED) is 0.460. The molecule has 3 heteroatoms. The number of hydrogen-bond acceptors (Lipinski definition) is 2. The lowest BCUT2D eigenvalue weighted by Crippen LogP contribution is -2.28. The minimum atomic E-state index is -0.0375. The average molecular weight is 266 g/mol. The summed E-state index contributed by atoms with van der Waals surface area (Å²) in [6, 6.07) is 0. The van der Waals surface area contributed by atoms with Gasteiger partial charge in [0.25, 0.3) is 0 Å². The van der Waals surface area contributed by atoms with Gasteiger partial charge in [-0.1, -0.05) is 45.1 Å². The molecule has 0 radical (unpaired) electrons. The summed E-state index contributed by atoms with van der Waals surface area (Å²) in [6.45, 7) is 13.2. The van der Waals surface area contributed by atoms with E-state index in [0.717, 1.165) is 6.42 Å². The number of allylic oxidation sites excluding steroid dienone is 3. The zero-order chi connectivity index (χ0) is 15.5. The molecular weight excluding hydrogens is 236 g/mol. The molecule has 110 valence electrons. The summed E-state index contributed by atoms with van der Waals surface area (Å²) in [6.07, 6.45) is 10.5. The maximum absolute atomic E-state index is 11.3. The van der Waals surface area contributed by atoms with Crippen LogP contribution < -0.4 is 5.32 Å². The third-order valence-electron chi connectivity index (χ3n) is 1.56. The van der Waals surface area contributed by atoms with Gasteiger partial charge in [-0.05, 0) is 26.3 Å². The summed E-state index contributed by atoms with van der Waals surface area (Å²) in [5.41, 5.74) is 0. The Morgan fingerprint density at radius 3 is 2.16 bits per heavy atom. The lowest BCUT2D eigenvalue weighted by atomic mass is 10.3. The van der Waals surface area contributed by atoms with Gasteiger partial charge in [0.2, 0.25) is 5.91 Å². The Bertz CT molecular complexity index is 289. The van der Waals surface area contributed by atoms with Crippen LogP contribution in [0.1, 0.15) is 47.5 Å². The number of nitrogens with one attached hydrogen (secondary N) is 1. The fourth-order valence-corrected chi connectivity index (χ4v) is 0.820. The van der Waals surface area contributed by atoms with E-state index in [1.54, 1.807) is 13.1 Å². The molecule has 0 saturated heterocycles. The molecule has 0 aromatic carbocycles. The lowest BCUT2D eigenvalue weighted by molar-refractivity contribution is -0.118. The highest BCUT2D eigenvalue weighted by molar-refractivity contribution is 6.04. The van der Waals surface area contributed by atoms with Gasteiger partial charge in [0.05, 0.1) is 0 Å². The topological polar surface area (TPSA) is 41.5 Å². The predicted molar refractivity (Wildman–Crippen MR) is 87.6 cm³/mol.